The van der Waals surface area contributed by atoms with Gasteiger partial charge < -0.3 is 10.0 Å². The highest BCUT2D eigenvalue weighted by molar-refractivity contribution is 9.11. The lowest BCUT2D eigenvalue weighted by atomic mass is 10.1. The number of aromatic nitrogens is 8. The van der Waals surface area contributed by atoms with Gasteiger partial charge in [0.1, 0.15) is 7.05 Å². The maximum Gasteiger partial charge on any atom is 0.255 e. The average molecular weight is 1480 g/mol. The van der Waals surface area contributed by atoms with Crippen LogP contribution in [0.2, 0.25) is 5.02 Å². The number of aliphatic hydroxyl groups excluding tert-OH is 1. The van der Waals surface area contributed by atoms with Crippen molar-refractivity contribution in [2.45, 2.75) is 34.6 Å². The van der Waals surface area contributed by atoms with Crippen LogP contribution < -0.4 is 42.8 Å². The highest BCUT2D eigenvalue weighted by Crippen LogP contribution is 2.26. The highest BCUT2D eigenvalue weighted by Gasteiger charge is 2.11. The molecule has 0 amide bonds. The minimum atomic E-state index is -0.142. The van der Waals surface area contributed by atoms with Crippen molar-refractivity contribution in [3.05, 3.63) is 447 Å². The van der Waals surface area contributed by atoms with Gasteiger partial charge in [-0.2, -0.15) is 0 Å². The largest absolute Gasteiger partial charge is 0.392 e. The molecule has 13 aromatic rings. The summed E-state index contributed by atoms with van der Waals surface area (Å²) in [6, 6.07) is 72.6. The molecule has 14 rings (SSSR count). The first kappa shape index (κ1) is 78.0. The van der Waals surface area contributed by atoms with Gasteiger partial charge in [-0.3, -0.25) is 65.9 Å². The summed E-state index contributed by atoms with van der Waals surface area (Å²) in [5.74, 6) is -0.0512. The van der Waals surface area contributed by atoms with Gasteiger partial charge in [0.2, 0.25) is 0 Å². The van der Waals surface area contributed by atoms with E-state index in [0.29, 0.717) is 16.2 Å². The van der Waals surface area contributed by atoms with Crippen LogP contribution in [0.3, 0.4) is 0 Å². The molecule has 1 aliphatic heterocycles. The van der Waals surface area contributed by atoms with Gasteiger partial charge in [0.25, 0.3) is 33.4 Å². The van der Waals surface area contributed by atoms with E-state index >= 15 is 0 Å². The van der Waals surface area contributed by atoms with Crippen molar-refractivity contribution in [1.82, 2.24) is 32.4 Å². The molecule has 0 spiro atoms. The number of allylic oxidation sites excluding steroid dienone is 3. The van der Waals surface area contributed by atoms with E-state index in [1.165, 1.54) is 28.2 Å². The lowest BCUT2D eigenvalue weighted by molar-refractivity contribution is -0.671. The fourth-order valence-corrected chi connectivity index (χ4v) is 10.4. The predicted octanol–water partition coefficient (Wildman–Crippen LogP) is 15.2. The molecular formula is C86H78BrClN9O8+. The van der Waals surface area contributed by atoms with Crippen molar-refractivity contribution < 1.29 is 14.5 Å². The third-order valence-electron chi connectivity index (χ3n) is 15.5. The molecule has 1 N–H and O–H groups in total. The zero-order valence-electron chi connectivity index (χ0n) is 58.8. The number of anilines is 1. The van der Waals surface area contributed by atoms with Gasteiger partial charge in [-0.15, -0.1) is 0 Å². The van der Waals surface area contributed by atoms with Gasteiger partial charge >= 0.3 is 0 Å². The van der Waals surface area contributed by atoms with Crippen molar-refractivity contribution in [2.75, 3.05) is 11.5 Å². The maximum atomic E-state index is 11.8. The molecule has 8 aromatic heterocycles. The van der Waals surface area contributed by atoms with E-state index in [-0.39, 0.29) is 45.7 Å². The van der Waals surface area contributed by atoms with Crippen LogP contribution in [-0.4, -0.2) is 49.9 Å². The molecular weight excluding hydrogens is 1400 g/mol. The molecule has 105 heavy (non-hydrogen) atoms. The Bertz CT molecular complexity index is 5330. The first-order valence-electron chi connectivity index (χ1n) is 32.9. The summed E-state index contributed by atoms with van der Waals surface area (Å²) in [4.78, 5) is 86.8. The Hall–Kier alpha value is -12.7. The standard InChI is InChI=1S/C14H13NO2.C13H11NO2.C12H10BrN.C12H10ClNO.C12H13N2O.C12H11NO.C11H10N2O/c1-11(10-16)12-7-8-14(17)15(9-12)13-5-3-2-4-6-13;1-10(15)11-7-8-13(16)14(9-11)12-5-3-2-4-6-12;1-10-7-8-11(13)9-14(10)12-5-3-2-4-6-12;1-9-2-7-12(15)14(8-9)11-5-3-10(13)4-6-11;1-10-3-4-12(15)14(9-10)11-5-7-13(2)8-6-11;1-10-7-8-12(14)13(9-10)11-5-3-2-4-6-11;1-9-2-3-11(14)13(8-9)10-4-6-12-7-5-10/h2-9,16H,1,10H2;2-9H,1H3;2-9H,1H2;2-8H,1H3;3-9H,1-2H3;2-9H,1H3;2-8H,1H3/q;;;;+1;;. The molecule has 1 aliphatic rings. The molecule has 0 atom stereocenters. The first-order chi connectivity index (χ1) is 50.5. The zero-order valence-corrected chi connectivity index (χ0v) is 61.1. The fourth-order valence-electron chi connectivity index (χ4n) is 9.93. The Labute approximate surface area is 621 Å². The molecule has 0 saturated heterocycles. The maximum absolute atomic E-state index is 11.8. The molecule has 17 nitrogen and oxygen atoms in total. The second-order valence-corrected chi connectivity index (χ2v) is 25.0. The fraction of sp³-hybridized carbons (Fsp3) is 0.0814. The molecule has 5 aromatic carbocycles. The van der Waals surface area contributed by atoms with Crippen molar-refractivity contribution in [2.24, 2.45) is 7.05 Å². The third-order valence-corrected chi connectivity index (χ3v) is 16.2. The van der Waals surface area contributed by atoms with Gasteiger partial charge in [0, 0.05) is 154 Å². The molecule has 9 heterocycles. The summed E-state index contributed by atoms with van der Waals surface area (Å²) in [5.41, 5.74) is 12.9. The van der Waals surface area contributed by atoms with Crippen LogP contribution in [0.25, 0.3) is 39.7 Å². The summed E-state index contributed by atoms with van der Waals surface area (Å²) >= 11 is 9.23. The van der Waals surface area contributed by atoms with Gasteiger partial charge in [-0.25, -0.2) is 4.57 Å². The quantitative estimate of drug-likeness (QED) is 0.102. The molecule has 0 aliphatic carbocycles. The molecule has 0 unspecified atom stereocenters. The number of aliphatic hydroxyl groups is 1. The number of halogens is 2. The normalized spacial score (nSPS) is 10.9. The number of ketones is 1. The van der Waals surface area contributed by atoms with Crippen molar-refractivity contribution in [1.29, 1.82) is 0 Å². The number of hydrogen-bond acceptors (Lipinski definition) is 10. The van der Waals surface area contributed by atoms with Gasteiger partial charge in [-0.1, -0.05) is 122 Å². The summed E-state index contributed by atoms with van der Waals surface area (Å²) in [6.07, 6.45) is 23.7. The van der Waals surface area contributed by atoms with Crippen LogP contribution in [0.5, 0.6) is 0 Å². The van der Waals surface area contributed by atoms with Gasteiger partial charge in [0.15, 0.2) is 18.2 Å². The molecule has 0 fully saturated rings. The van der Waals surface area contributed by atoms with E-state index in [4.69, 9.17) is 16.7 Å². The topological polar surface area (TPSA) is 189 Å². The van der Waals surface area contributed by atoms with E-state index in [1.807, 2.05) is 245 Å². The van der Waals surface area contributed by atoms with Crippen LogP contribution in [0.4, 0.5) is 5.69 Å². The highest BCUT2D eigenvalue weighted by atomic mass is 79.9. The minimum Gasteiger partial charge on any atom is -0.392 e. The van der Waals surface area contributed by atoms with E-state index in [0.717, 1.165) is 77.8 Å². The Kier molecular flexibility index (Phi) is 28.9. The number of nitrogens with zero attached hydrogens (tertiary/aromatic N) is 9. The lowest BCUT2D eigenvalue weighted by Crippen LogP contribution is -2.27. The van der Waals surface area contributed by atoms with Gasteiger partial charge in [-0.05, 0) is 193 Å². The van der Waals surface area contributed by atoms with E-state index < -0.39 is 0 Å². The minimum absolute atomic E-state index is 0.00167. The van der Waals surface area contributed by atoms with Crippen LogP contribution in [0.1, 0.15) is 45.1 Å². The Morgan fingerprint density at radius 2 is 0.733 bits per heavy atom. The Morgan fingerprint density at radius 1 is 0.419 bits per heavy atom. The Morgan fingerprint density at radius 3 is 1.10 bits per heavy atom. The summed E-state index contributed by atoms with van der Waals surface area (Å²) in [7, 11) is 1.95. The lowest BCUT2D eigenvalue weighted by Gasteiger charge is -2.23. The number of Topliss-reactive ketones (excluding diaryl/α,β-unsaturated/α-hetero) is 1. The number of carbonyl (C=O) groups is 1. The number of carbonyl (C=O) groups excluding carboxylic acids is 1. The van der Waals surface area contributed by atoms with Crippen LogP contribution >= 0.6 is 27.5 Å². The second kappa shape index (κ2) is 38.9. The summed E-state index contributed by atoms with van der Waals surface area (Å²) in [6.45, 7) is 16.9. The summed E-state index contributed by atoms with van der Waals surface area (Å²) in [5, 5.41) is 9.70. The van der Waals surface area contributed by atoms with Crippen molar-refractivity contribution >= 4 is 44.6 Å². The van der Waals surface area contributed by atoms with Crippen LogP contribution in [0, 0.1) is 27.7 Å². The number of rotatable bonds is 10. The molecule has 0 bridgehead atoms. The molecule has 0 radical (unpaired) electrons. The average Bonchev–Trinajstić information content (AvgIpc) is 0.854. The van der Waals surface area contributed by atoms with E-state index in [1.54, 1.807) is 116 Å². The van der Waals surface area contributed by atoms with Gasteiger partial charge in [0.05, 0.1) is 18.0 Å². The van der Waals surface area contributed by atoms with E-state index in [9.17, 15) is 33.6 Å². The molecule has 528 valence electrons. The number of pyridine rings is 8. The number of aryl methyl sites for hydroxylation is 5. The number of hydrogen-bond donors (Lipinski definition) is 1. The second-order valence-electron chi connectivity index (χ2n) is 23.7. The van der Waals surface area contributed by atoms with Crippen molar-refractivity contribution in [3.8, 4) is 34.1 Å². The summed E-state index contributed by atoms with van der Waals surface area (Å²) < 4.78 is 12.5. The molecule has 0 saturated carbocycles. The Balaban J connectivity index is 0.000000155. The third kappa shape index (κ3) is 23.4. The number of para-hydroxylation sites is 4. The zero-order chi connectivity index (χ0) is 75.4. The smallest absolute Gasteiger partial charge is 0.255 e. The van der Waals surface area contributed by atoms with Crippen LogP contribution in [-0.2, 0) is 7.05 Å². The first-order valence-corrected chi connectivity index (χ1v) is 34.1. The monoisotopic (exact) mass is 1480 g/mol. The van der Waals surface area contributed by atoms with Crippen LogP contribution in [0.15, 0.2) is 375 Å². The predicted molar refractivity (Wildman–Crippen MR) is 425 cm³/mol. The number of benzene rings is 5. The van der Waals surface area contributed by atoms with Crippen molar-refractivity contribution in [3.63, 3.8) is 0 Å². The van der Waals surface area contributed by atoms with E-state index in [2.05, 4.69) is 46.2 Å². The SMILES string of the molecule is C=C(CO)c1ccc(=O)n(-c2ccccc2)c1.C=C1C=CC(Br)=CN1c1ccccc1.CC(=O)c1ccc(=O)n(-c2ccccc2)c1.Cc1ccc(=O)n(-c2cc[n+](C)cc2)c1.Cc1ccc(=O)n(-c2ccc(Cl)cc2)c1.Cc1ccc(=O)n(-c2ccccc2)c1.Cc1ccc(=O)n(-c2ccncc2)c1. The molecule has 19 heteroatoms.